The molecule has 6 nitrogen and oxygen atoms in total. The van der Waals surface area contributed by atoms with Gasteiger partial charge in [0.05, 0.1) is 7.11 Å². The number of rotatable bonds is 6. The number of aromatic nitrogens is 2. The smallest absolute Gasteiger partial charge is 0.327 e. The zero-order chi connectivity index (χ0) is 13.2. The molecule has 1 N–H and O–H groups in total. The number of carbonyl (C=O) groups excluding carboxylic acids is 1. The number of esters is 1. The molecule has 1 saturated carbocycles. The van der Waals surface area contributed by atoms with Gasteiger partial charge >= 0.3 is 5.97 Å². The summed E-state index contributed by atoms with van der Waals surface area (Å²) in [4.78, 5) is 12.0. The van der Waals surface area contributed by atoms with E-state index >= 15 is 0 Å². The number of carbonyl (C=O) groups is 1. The fourth-order valence-electron chi connectivity index (χ4n) is 1.99. The molecule has 2 rings (SSSR count). The SMILES string of the molecule is CNC(CSc1nnc(C)o1)(C(=O)OC)C1CC1. The van der Waals surface area contributed by atoms with E-state index in [2.05, 4.69) is 15.5 Å². The van der Waals surface area contributed by atoms with E-state index < -0.39 is 5.54 Å². The molecule has 0 radical (unpaired) electrons. The van der Waals surface area contributed by atoms with Crippen molar-refractivity contribution in [2.75, 3.05) is 19.9 Å². The van der Waals surface area contributed by atoms with Crippen molar-refractivity contribution in [1.82, 2.24) is 15.5 Å². The molecule has 1 aliphatic carbocycles. The maximum absolute atomic E-state index is 12.0. The molecule has 0 aliphatic heterocycles. The zero-order valence-electron chi connectivity index (χ0n) is 10.7. The summed E-state index contributed by atoms with van der Waals surface area (Å²) in [7, 11) is 3.20. The Hall–Kier alpha value is -1.08. The lowest BCUT2D eigenvalue weighted by Gasteiger charge is -2.29. The number of aryl methyl sites for hydroxylation is 1. The number of nitrogens with one attached hydrogen (secondary N) is 1. The minimum atomic E-state index is -0.651. The van der Waals surface area contributed by atoms with E-state index in [4.69, 9.17) is 9.15 Å². The van der Waals surface area contributed by atoms with Crippen LogP contribution < -0.4 is 5.32 Å². The van der Waals surface area contributed by atoms with E-state index in [0.29, 0.717) is 22.8 Å². The van der Waals surface area contributed by atoms with E-state index in [-0.39, 0.29) is 5.97 Å². The lowest BCUT2D eigenvalue weighted by Crippen LogP contribution is -2.55. The lowest BCUT2D eigenvalue weighted by molar-refractivity contribution is -0.148. The van der Waals surface area contributed by atoms with E-state index in [1.54, 1.807) is 14.0 Å². The summed E-state index contributed by atoms with van der Waals surface area (Å²) < 4.78 is 10.2. The molecule has 18 heavy (non-hydrogen) atoms. The van der Waals surface area contributed by atoms with Crippen LogP contribution in [0.15, 0.2) is 9.64 Å². The molecule has 0 aromatic carbocycles. The Morgan fingerprint density at radius 2 is 2.33 bits per heavy atom. The van der Waals surface area contributed by atoms with E-state index in [1.165, 1.54) is 18.9 Å². The van der Waals surface area contributed by atoms with Crippen molar-refractivity contribution in [3.05, 3.63) is 5.89 Å². The fraction of sp³-hybridized carbons (Fsp3) is 0.727. The number of methoxy groups -OCH3 is 1. The Labute approximate surface area is 110 Å². The van der Waals surface area contributed by atoms with Crippen LogP contribution in [0.5, 0.6) is 0 Å². The van der Waals surface area contributed by atoms with Crippen molar-refractivity contribution >= 4 is 17.7 Å². The van der Waals surface area contributed by atoms with Gasteiger partial charge < -0.3 is 14.5 Å². The highest BCUT2D eigenvalue weighted by molar-refractivity contribution is 7.99. The minimum absolute atomic E-state index is 0.226. The molecule has 1 heterocycles. The Balaban J connectivity index is 2.07. The van der Waals surface area contributed by atoms with Gasteiger partial charge in [-0.15, -0.1) is 10.2 Å². The average Bonchev–Trinajstić information content (AvgIpc) is 3.14. The van der Waals surface area contributed by atoms with Crippen LogP contribution in [-0.2, 0) is 9.53 Å². The second-order valence-corrected chi connectivity index (χ2v) is 5.29. The molecule has 1 aromatic rings. The number of hydrogen-bond donors (Lipinski definition) is 1. The van der Waals surface area contributed by atoms with Crippen LogP contribution in [0.3, 0.4) is 0 Å². The van der Waals surface area contributed by atoms with E-state index in [0.717, 1.165) is 12.8 Å². The van der Waals surface area contributed by atoms with Gasteiger partial charge in [0.25, 0.3) is 5.22 Å². The third-order valence-corrected chi connectivity index (χ3v) is 4.21. The van der Waals surface area contributed by atoms with Gasteiger partial charge in [0, 0.05) is 12.7 Å². The maximum atomic E-state index is 12.0. The maximum Gasteiger partial charge on any atom is 0.327 e. The molecule has 0 amide bonds. The molecular weight excluding hydrogens is 254 g/mol. The molecule has 1 aliphatic rings. The van der Waals surface area contributed by atoms with E-state index in [1.807, 2.05) is 0 Å². The number of nitrogens with zero attached hydrogens (tertiary/aromatic N) is 2. The number of likely N-dealkylation sites (N-methyl/N-ethyl adjacent to an activating group) is 1. The Kier molecular flexibility index (Phi) is 3.91. The number of hydrogen-bond acceptors (Lipinski definition) is 7. The fourth-order valence-corrected chi connectivity index (χ4v) is 3.12. The predicted molar refractivity (Wildman–Crippen MR) is 66.3 cm³/mol. The van der Waals surface area contributed by atoms with Gasteiger partial charge in [0.2, 0.25) is 5.89 Å². The van der Waals surface area contributed by atoms with Crippen LogP contribution >= 0.6 is 11.8 Å². The van der Waals surface area contributed by atoms with Crippen molar-refractivity contribution < 1.29 is 13.9 Å². The molecule has 0 bridgehead atoms. The first-order valence-electron chi connectivity index (χ1n) is 5.82. The number of ether oxygens (including phenoxy) is 1. The monoisotopic (exact) mass is 271 g/mol. The third kappa shape index (κ3) is 2.51. The number of thioether (sulfide) groups is 1. The van der Waals surface area contributed by atoms with Gasteiger partial charge in [0.15, 0.2) is 0 Å². The molecule has 0 saturated heterocycles. The van der Waals surface area contributed by atoms with Gasteiger partial charge in [-0.1, -0.05) is 11.8 Å². The summed E-state index contributed by atoms with van der Waals surface area (Å²) in [6, 6.07) is 0. The normalized spacial score (nSPS) is 18.4. The van der Waals surface area contributed by atoms with E-state index in [9.17, 15) is 4.79 Å². The molecule has 0 spiro atoms. The summed E-state index contributed by atoms with van der Waals surface area (Å²) in [6.07, 6.45) is 2.08. The Morgan fingerprint density at radius 3 is 2.78 bits per heavy atom. The van der Waals surface area contributed by atoms with Crippen LogP contribution in [0.1, 0.15) is 18.7 Å². The minimum Gasteiger partial charge on any atom is -0.468 e. The highest BCUT2D eigenvalue weighted by atomic mass is 32.2. The Morgan fingerprint density at radius 1 is 1.61 bits per heavy atom. The molecule has 1 unspecified atom stereocenters. The molecular formula is C11H17N3O3S. The van der Waals surface area contributed by atoms with Gasteiger partial charge in [-0.25, -0.2) is 0 Å². The molecule has 1 atom stereocenters. The molecule has 100 valence electrons. The first-order valence-corrected chi connectivity index (χ1v) is 6.81. The van der Waals surface area contributed by atoms with Gasteiger partial charge in [-0.3, -0.25) is 4.79 Å². The lowest BCUT2D eigenvalue weighted by atomic mass is 9.96. The standard InChI is InChI=1S/C11H17N3O3S/c1-7-13-14-10(17-7)18-6-11(12-2,8-4-5-8)9(15)16-3/h8,12H,4-6H2,1-3H3. The summed E-state index contributed by atoms with van der Waals surface area (Å²) in [5, 5.41) is 11.3. The highest BCUT2D eigenvalue weighted by Crippen LogP contribution is 2.42. The van der Waals surface area contributed by atoms with Crippen LogP contribution in [0.4, 0.5) is 0 Å². The van der Waals surface area contributed by atoms with Gasteiger partial charge in [-0.2, -0.15) is 0 Å². The second kappa shape index (κ2) is 5.27. The van der Waals surface area contributed by atoms with Crippen LogP contribution in [0.25, 0.3) is 0 Å². The van der Waals surface area contributed by atoms with Crippen molar-refractivity contribution in [1.29, 1.82) is 0 Å². The Bertz CT molecular complexity index is 433. The largest absolute Gasteiger partial charge is 0.468 e. The zero-order valence-corrected chi connectivity index (χ0v) is 11.5. The first-order chi connectivity index (χ1) is 8.62. The average molecular weight is 271 g/mol. The topological polar surface area (TPSA) is 77.3 Å². The van der Waals surface area contributed by atoms with Crippen molar-refractivity contribution in [2.24, 2.45) is 5.92 Å². The van der Waals surface area contributed by atoms with Crippen molar-refractivity contribution in [3.8, 4) is 0 Å². The third-order valence-electron chi connectivity index (χ3n) is 3.20. The first kappa shape index (κ1) is 13.4. The van der Waals surface area contributed by atoms with Crippen LogP contribution in [0.2, 0.25) is 0 Å². The molecule has 7 heteroatoms. The van der Waals surface area contributed by atoms with Gasteiger partial charge in [-0.05, 0) is 25.8 Å². The van der Waals surface area contributed by atoms with Crippen molar-refractivity contribution in [3.63, 3.8) is 0 Å². The van der Waals surface area contributed by atoms with Crippen molar-refractivity contribution in [2.45, 2.75) is 30.5 Å². The quantitative estimate of drug-likeness (QED) is 0.611. The van der Waals surface area contributed by atoms with Crippen LogP contribution in [0, 0.1) is 12.8 Å². The molecule has 1 fully saturated rings. The second-order valence-electron chi connectivity index (χ2n) is 4.36. The highest BCUT2D eigenvalue weighted by Gasteiger charge is 2.51. The van der Waals surface area contributed by atoms with Gasteiger partial charge in [0.1, 0.15) is 5.54 Å². The van der Waals surface area contributed by atoms with Crippen LogP contribution in [-0.4, -0.2) is 41.6 Å². The summed E-state index contributed by atoms with van der Waals surface area (Å²) in [5.74, 6) is 1.16. The summed E-state index contributed by atoms with van der Waals surface area (Å²) in [5.41, 5.74) is -0.651. The summed E-state index contributed by atoms with van der Waals surface area (Å²) in [6.45, 7) is 1.74. The molecule has 1 aromatic heterocycles. The summed E-state index contributed by atoms with van der Waals surface area (Å²) >= 11 is 1.38. The predicted octanol–water partition coefficient (Wildman–Crippen LogP) is 1.01.